The van der Waals surface area contributed by atoms with E-state index in [4.69, 9.17) is 0 Å². The average molecular weight is 315 g/mol. The van der Waals surface area contributed by atoms with E-state index < -0.39 is 0 Å². The first-order chi connectivity index (χ1) is 9.70. The van der Waals surface area contributed by atoms with Gasteiger partial charge in [-0.25, -0.2) is 4.39 Å². The molecule has 0 unspecified atom stereocenters. The molecule has 0 saturated heterocycles. The van der Waals surface area contributed by atoms with Crippen molar-refractivity contribution in [3.05, 3.63) is 35.6 Å². The van der Waals surface area contributed by atoms with Crippen molar-refractivity contribution < 1.29 is 9.18 Å². The Hall–Kier alpha value is -1.13. The zero-order chi connectivity index (χ0) is 14.4. The SMILES string of the molecule is CNCCC(=O)N(Cc1cccc(F)c1)C1CCCC1.Cl. The molecule has 1 saturated carbocycles. The fourth-order valence-electron chi connectivity index (χ4n) is 2.84. The number of halogens is 2. The Labute approximate surface area is 132 Å². The Morgan fingerprint density at radius 2 is 2.10 bits per heavy atom. The lowest BCUT2D eigenvalue weighted by molar-refractivity contribution is -0.134. The molecule has 1 fully saturated rings. The third-order valence-corrected chi connectivity index (χ3v) is 3.92. The maximum atomic E-state index is 13.3. The van der Waals surface area contributed by atoms with E-state index in [0.717, 1.165) is 18.4 Å². The minimum Gasteiger partial charge on any atom is -0.335 e. The van der Waals surface area contributed by atoms with Crippen molar-refractivity contribution in [2.75, 3.05) is 13.6 Å². The van der Waals surface area contributed by atoms with Crippen LogP contribution in [0.15, 0.2) is 24.3 Å². The molecule has 0 heterocycles. The Morgan fingerprint density at radius 3 is 2.71 bits per heavy atom. The molecule has 1 amide bonds. The van der Waals surface area contributed by atoms with Crippen LogP contribution in [0.25, 0.3) is 0 Å². The fraction of sp³-hybridized carbons (Fsp3) is 0.562. The highest BCUT2D eigenvalue weighted by Gasteiger charge is 2.26. The van der Waals surface area contributed by atoms with Crippen LogP contribution in [0.2, 0.25) is 0 Å². The lowest BCUT2D eigenvalue weighted by Gasteiger charge is -2.29. The summed E-state index contributed by atoms with van der Waals surface area (Å²) in [5.74, 6) is -0.0768. The van der Waals surface area contributed by atoms with E-state index in [2.05, 4.69) is 5.32 Å². The number of amides is 1. The van der Waals surface area contributed by atoms with Gasteiger partial charge in [0.15, 0.2) is 0 Å². The third-order valence-electron chi connectivity index (χ3n) is 3.92. The highest BCUT2D eigenvalue weighted by atomic mass is 35.5. The Kier molecular flexibility index (Phi) is 7.68. The summed E-state index contributed by atoms with van der Waals surface area (Å²) in [4.78, 5) is 14.3. The van der Waals surface area contributed by atoms with Crippen molar-refractivity contribution in [3.8, 4) is 0 Å². The largest absolute Gasteiger partial charge is 0.335 e. The zero-order valence-electron chi connectivity index (χ0n) is 12.5. The average Bonchev–Trinajstić information content (AvgIpc) is 2.96. The van der Waals surface area contributed by atoms with Gasteiger partial charge in [-0.1, -0.05) is 25.0 Å². The van der Waals surface area contributed by atoms with Crippen LogP contribution >= 0.6 is 12.4 Å². The quantitative estimate of drug-likeness (QED) is 0.875. The van der Waals surface area contributed by atoms with Gasteiger partial charge in [-0.05, 0) is 37.6 Å². The van der Waals surface area contributed by atoms with Crippen LogP contribution in [0, 0.1) is 5.82 Å². The summed E-state index contributed by atoms with van der Waals surface area (Å²) in [6.45, 7) is 1.20. The highest BCUT2D eigenvalue weighted by Crippen LogP contribution is 2.25. The summed E-state index contributed by atoms with van der Waals surface area (Å²) in [6, 6.07) is 6.87. The van der Waals surface area contributed by atoms with Crippen molar-refractivity contribution in [1.29, 1.82) is 0 Å². The van der Waals surface area contributed by atoms with Gasteiger partial charge in [0.05, 0.1) is 0 Å². The molecule has 0 aromatic heterocycles. The number of nitrogens with zero attached hydrogens (tertiary/aromatic N) is 1. The Morgan fingerprint density at radius 1 is 1.38 bits per heavy atom. The predicted molar refractivity (Wildman–Crippen MR) is 85.0 cm³/mol. The molecule has 21 heavy (non-hydrogen) atoms. The van der Waals surface area contributed by atoms with Crippen molar-refractivity contribution in [1.82, 2.24) is 10.2 Å². The number of nitrogens with one attached hydrogen (secondary N) is 1. The van der Waals surface area contributed by atoms with Crippen LogP contribution in [0.5, 0.6) is 0 Å². The van der Waals surface area contributed by atoms with Crippen molar-refractivity contribution in [3.63, 3.8) is 0 Å². The molecule has 0 spiro atoms. The second kappa shape index (κ2) is 9.00. The van der Waals surface area contributed by atoms with Gasteiger partial charge >= 0.3 is 0 Å². The number of rotatable bonds is 6. The molecule has 0 bridgehead atoms. The molecule has 2 rings (SSSR count). The van der Waals surface area contributed by atoms with E-state index in [0.29, 0.717) is 25.6 Å². The number of hydrogen-bond donors (Lipinski definition) is 1. The molecule has 1 aliphatic carbocycles. The van der Waals surface area contributed by atoms with Crippen LogP contribution in [0.4, 0.5) is 4.39 Å². The van der Waals surface area contributed by atoms with Crippen LogP contribution in [0.3, 0.4) is 0 Å². The van der Waals surface area contributed by atoms with E-state index >= 15 is 0 Å². The first-order valence-electron chi connectivity index (χ1n) is 7.39. The number of benzene rings is 1. The van der Waals surface area contributed by atoms with Crippen molar-refractivity contribution in [2.24, 2.45) is 0 Å². The number of carbonyl (C=O) groups excluding carboxylic acids is 1. The molecule has 1 aromatic rings. The van der Waals surface area contributed by atoms with Crippen LogP contribution in [-0.4, -0.2) is 30.4 Å². The maximum absolute atomic E-state index is 13.3. The first-order valence-corrected chi connectivity index (χ1v) is 7.39. The van der Waals surface area contributed by atoms with Gasteiger partial charge in [0, 0.05) is 25.6 Å². The normalized spacial score (nSPS) is 14.8. The van der Waals surface area contributed by atoms with E-state index in [1.807, 2.05) is 18.0 Å². The lowest BCUT2D eigenvalue weighted by Crippen LogP contribution is -2.39. The van der Waals surface area contributed by atoms with Gasteiger partial charge < -0.3 is 10.2 Å². The topological polar surface area (TPSA) is 32.3 Å². The molecule has 118 valence electrons. The molecule has 5 heteroatoms. The summed E-state index contributed by atoms with van der Waals surface area (Å²) in [7, 11) is 1.85. The Bertz CT molecular complexity index is 450. The summed E-state index contributed by atoms with van der Waals surface area (Å²) in [5, 5.41) is 3.01. The smallest absolute Gasteiger partial charge is 0.224 e. The zero-order valence-corrected chi connectivity index (χ0v) is 13.3. The molecule has 0 radical (unpaired) electrons. The fourth-order valence-corrected chi connectivity index (χ4v) is 2.84. The third kappa shape index (κ3) is 5.29. The van der Waals surface area contributed by atoms with Crippen LogP contribution in [0.1, 0.15) is 37.7 Å². The Balaban J connectivity index is 0.00000220. The van der Waals surface area contributed by atoms with Gasteiger partial charge in [-0.3, -0.25) is 4.79 Å². The summed E-state index contributed by atoms with van der Waals surface area (Å²) in [5.41, 5.74) is 0.870. The number of carbonyl (C=O) groups is 1. The van der Waals surface area contributed by atoms with Gasteiger partial charge in [-0.2, -0.15) is 0 Å². The molecular weight excluding hydrogens is 291 g/mol. The van der Waals surface area contributed by atoms with E-state index in [9.17, 15) is 9.18 Å². The lowest BCUT2D eigenvalue weighted by atomic mass is 10.1. The standard InChI is InChI=1S/C16H23FN2O.ClH/c1-18-10-9-16(20)19(15-7-2-3-8-15)12-13-5-4-6-14(17)11-13;/h4-6,11,15,18H,2-3,7-10,12H2,1H3;1H. The van der Waals surface area contributed by atoms with Gasteiger partial charge in [0.25, 0.3) is 0 Å². The summed E-state index contributed by atoms with van der Waals surface area (Å²) < 4.78 is 13.3. The predicted octanol–water partition coefficient (Wildman–Crippen LogP) is 3.13. The van der Waals surface area contributed by atoms with Gasteiger partial charge in [-0.15, -0.1) is 12.4 Å². The maximum Gasteiger partial charge on any atom is 0.224 e. The van der Waals surface area contributed by atoms with Gasteiger partial charge in [0.1, 0.15) is 5.82 Å². The monoisotopic (exact) mass is 314 g/mol. The van der Waals surface area contributed by atoms with Crippen molar-refractivity contribution in [2.45, 2.75) is 44.7 Å². The summed E-state index contributed by atoms with van der Waals surface area (Å²) in [6.07, 6.45) is 5.01. The van der Waals surface area contributed by atoms with E-state index in [-0.39, 0.29) is 24.1 Å². The van der Waals surface area contributed by atoms with E-state index in [1.54, 1.807) is 6.07 Å². The van der Waals surface area contributed by atoms with E-state index in [1.165, 1.54) is 25.0 Å². The molecule has 0 atom stereocenters. The molecule has 1 aromatic carbocycles. The number of hydrogen-bond acceptors (Lipinski definition) is 2. The first kappa shape index (κ1) is 17.9. The molecule has 1 N–H and O–H groups in total. The minimum atomic E-state index is -0.239. The molecule has 0 aliphatic heterocycles. The molecule has 1 aliphatic rings. The molecule has 3 nitrogen and oxygen atoms in total. The van der Waals surface area contributed by atoms with Gasteiger partial charge in [0.2, 0.25) is 5.91 Å². The van der Waals surface area contributed by atoms with Crippen LogP contribution < -0.4 is 5.32 Å². The summed E-state index contributed by atoms with van der Waals surface area (Å²) >= 11 is 0. The minimum absolute atomic E-state index is 0. The second-order valence-electron chi connectivity index (χ2n) is 5.44. The van der Waals surface area contributed by atoms with Crippen molar-refractivity contribution >= 4 is 18.3 Å². The highest BCUT2D eigenvalue weighted by molar-refractivity contribution is 5.85. The second-order valence-corrected chi connectivity index (χ2v) is 5.44. The van der Waals surface area contributed by atoms with Crippen LogP contribution in [-0.2, 0) is 11.3 Å². The molecular formula is C16H24ClFN2O.